The molecule has 0 aliphatic rings. The molecule has 1 atom stereocenters. The molecule has 1 heterocycles. The lowest BCUT2D eigenvalue weighted by Gasteiger charge is -2.12. The maximum atomic E-state index is 6.18. The van der Waals surface area contributed by atoms with Crippen molar-refractivity contribution in [1.82, 2.24) is 9.55 Å². The van der Waals surface area contributed by atoms with Crippen LogP contribution in [0.5, 0.6) is 0 Å². The van der Waals surface area contributed by atoms with Gasteiger partial charge in [0.2, 0.25) is 0 Å². The highest BCUT2D eigenvalue weighted by atomic mass is 79.9. The molecule has 2 N–H and O–H groups in total. The van der Waals surface area contributed by atoms with Crippen LogP contribution in [-0.2, 0) is 0 Å². The van der Waals surface area contributed by atoms with Gasteiger partial charge in [0.05, 0.1) is 28.9 Å². The molecule has 2 rings (SSSR count). The Morgan fingerprint density at radius 1 is 1.50 bits per heavy atom. The fourth-order valence-electron chi connectivity index (χ4n) is 1.52. The first-order chi connectivity index (χ1) is 7.59. The summed E-state index contributed by atoms with van der Waals surface area (Å²) < 4.78 is 2.85. The molecule has 0 aliphatic carbocycles. The summed E-state index contributed by atoms with van der Waals surface area (Å²) in [5, 5.41) is 0.661. The number of aromatic nitrogens is 2. The van der Waals surface area contributed by atoms with Gasteiger partial charge in [-0.05, 0) is 25.1 Å². The third-order valence-corrected chi connectivity index (χ3v) is 3.10. The van der Waals surface area contributed by atoms with Crippen LogP contribution in [0.3, 0.4) is 0 Å². The van der Waals surface area contributed by atoms with E-state index in [1.54, 1.807) is 12.5 Å². The van der Waals surface area contributed by atoms with Crippen LogP contribution < -0.4 is 5.73 Å². The normalized spacial score (nSPS) is 12.8. The van der Waals surface area contributed by atoms with E-state index in [0.717, 1.165) is 15.9 Å². The first-order valence-electron chi connectivity index (χ1n) is 4.83. The van der Waals surface area contributed by atoms with Crippen LogP contribution in [0.2, 0.25) is 5.02 Å². The number of imidazole rings is 1. The summed E-state index contributed by atoms with van der Waals surface area (Å²) in [7, 11) is 0. The molecule has 5 heteroatoms. The minimum Gasteiger partial charge on any atom is -0.323 e. The standard InChI is InChI=1S/C11H11BrClN3/c1-7(14)11-5-15-6-16(11)10-3-2-8(12)4-9(10)13/h2-7H,14H2,1H3/t7-/m0/s1. The van der Waals surface area contributed by atoms with Crippen LogP contribution in [0, 0.1) is 0 Å². The van der Waals surface area contributed by atoms with Gasteiger partial charge in [-0.1, -0.05) is 27.5 Å². The number of nitrogens with zero attached hydrogens (tertiary/aromatic N) is 2. The van der Waals surface area contributed by atoms with Crippen LogP contribution in [0.1, 0.15) is 18.7 Å². The SMILES string of the molecule is C[C@H](N)c1cncn1-c1ccc(Br)cc1Cl. The minimum atomic E-state index is -0.0813. The van der Waals surface area contributed by atoms with E-state index in [1.165, 1.54) is 0 Å². The molecule has 84 valence electrons. The largest absolute Gasteiger partial charge is 0.323 e. The molecule has 0 radical (unpaired) electrons. The Balaban J connectivity index is 2.54. The quantitative estimate of drug-likeness (QED) is 0.924. The van der Waals surface area contributed by atoms with Gasteiger partial charge < -0.3 is 10.3 Å². The zero-order valence-corrected chi connectivity index (χ0v) is 11.0. The molecule has 0 unspecified atom stereocenters. The number of benzene rings is 1. The van der Waals surface area contributed by atoms with Crippen LogP contribution >= 0.6 is 27.5 Å². The molecule has 16 heavy (non-hydrogen) atoms. The van der Waals surface area contributed by atoms with Gasteiger partial charge in [0.25, 0.3) is 0 Å². The predicted molar refractivity (Wildman–Crippen MR) is 68.9 cm³/mol. The Bertz CT molecular complexity index is 508. The second-order valence-electron chi connectivity index (χ2n) is 3.57. The van der Waals surface area contributed by atoms with Crippen molar-refractivity contribution < 1.29 is 0 Å². The van der Waals surface area contributed by atoms with Crippen molar-refractivity contribution in [3.63, 3.8) is 0 Å². The number of rotatable bonds is 2. The Morgan fingerprint density at radius 2 is 2.25 bits per heavy atom. The summed E-state index contributed by atoms with van der Waals surface area (Å²) in [6.45, 7) is 1.92. The van der Waals surface area contributed by atoms with Crippen LogP contribution in [0.15, 0.2) is 35.2 Å². The molecule has 0 bridgehead atoms. The second-order valence-corrected chi connectivity index (χ2v) is 4.90. The summed E-state index contributed by atoms with van der Waals surface area (Å²) in [6, 6.07) is 5.63. The highest BCUT2D eigenvalue weighted by molar-refractivity contribution is 9.10. The summed E-state index contributed by atoms with van der Waals surface area (Å²) in [5.41, 5.74) is 7.68. The lowest BCUT2D eigenvalue weighted by molar-refractivity contribution is 0.752. The smallest absolute Gasteiger partial charge is 0.0995 e. The molecular formula is C11H11BrClN3. The van der Waals surface area contributed by atoms with Crippen molar-refractivity contribution in [2.75, 3.05) is 0 Å². The average Bonchev–Trinajstić information content (AvgIpc) is 2.66. The van der Waals surface area contributed by atoms with Crippen LogP contribution in [-0.4, -0.2) is 9.55 Å². The maximum absolute atomic E-state index is 6.18. The number of hydrogen-bond donors (Lipinski definition) is 1. The number of nitrogens with two attached hydrogens (primary N) is 1. The van der Waals surface area contributed by atoms with Gasteiger partial charge in [-0.15, -0.1) is 0 Å². The van der Waals surface area contributed by atoms with E-state index in [0.29, 0.717) is 5.02 Å². The Hall–Kier alpha value is -0.840. The van der Waals surface area contributed by atoms with Gasteiger partial charge in [-0.2, -0.15) is 0 Å². The van der Waals surface area contributed by atoms with Gasteiger partial charge in [0.15, 0.2) is 0 Å². The molecule has 1 aromatic heterocycles. The lowest BCUT2D eigenvalue weighted by Crippen LogP contribution is -2.10. The summed E-state index contributed by atoms with van der Waals surface area (Å²) in [5.74, 6) is 0. The lowest BCUT2D eigenvalue weighted by atomic mass is 10.2. The minimum absolute atomic E-state index is 0.0813. The fraction of sp³-hybridized carbons (Fsp3) is 0.182. The summed E-state index contributed by atoms with van der Waals surface area (Å²) in [6.07, 6.45) is 3.47. The monoisotopic (exact) mass is 299 g/mol. The Morgan fingerprint density at radius 3 is 2.88 bits per heavy atom. The molecule has 2 aromatic rings. The van der Waals surface area contributed by atoms with Gasteiger partial charge in [0.1, 0.15) is 0 Å². The molecule has 0 fully saturated rings. The summed E-state index contributed by atoms with van der Waals surface area (Å²) in [4.78, 5) is 4.10. The molecule has 0 spiro atoms. The highest BCUT2D eigenvalue weighted by Crippen LogP contribution is 2.26. The molecule has 0 aliphatic heterocycles. The first kappa shape index (κ1) is 11.6. The van der Waals surface area contributed by atoms with Gasteiger partial charge in [-0.25, -0.2) is 4.98 Å². The van der Waals surface area contributed by atoms with Crippen molar-refractivity contribution in [2.24, 2.45) is 5.73 Å². The molecule has 0 amide bonds. The topological polar surface area (TPSA) is 43.8 Å². The van der Waals surface area contributed by atoms with E-state index < -0.39 is 0 Å². The highest BCUT2D eigenvalue weighted by Gasteiger charge is 2.10. The molecule has 1 aromatic carbocycles. The average molecular weight is 301 g/mol. The Kier molecular flexibility index (Phi) is 3.33. The van der Waals surface area contributed by atoms with Gasteiger partial charge in [-0.3, -0.25) is 0 Å². The van der Waals surface area contributed by atoms with E-state index in [1.807, 2.05) is 29.7 Å². The fourth-order valence-corrected chi connectivity index (χ4v) is 2.28. The number of hydrogen-bond acceptors (Lipinski definition) is 2. The van der Waals surface area contributed by atoms with Crippen LogP contribution in [0.25, 0.3) is 5.69 Å². The zero-order valence-electron chi connectivity index (χ0n) is 8.69. The van der Waals surface area contributed by atoms with E-state index in [4.69, 9.17) is 17.3 Å². The van der Waals surface area contributed by atoms with Crippen molar-refractivity contribution in [3.05, 3.63) is 45.9 Å². The molecule has 0 saturated carbocycles. The maximum Gasteiger partial charge on any atom is 0.0995 e. The molecule has 3 nitrogen and oxygen atoms in total. The molecule has 0 saturated heterocycles. The van der Waals surface area contributed by atoms with Crippen LogP contribution in [0.4, 0.5) is 0 Å². The zero-order chi connectivity index (χ0) is 11.7. The third kappa shape index (κ3) is 2.14. The van der Waals surface area contributed by atoms with Gasteiger partial charge in [0, 0.05) is 10.5 Å². The predicted octanol–water partition coefficient (Wildman–Crippen LogP) is 3.31. The van der Waals surface area contributed by atoms with Crippen molar-refractivity contribution in [2.45, 2.75) is 13.0 Å². The van der Waals surface area contributed by atoms with Crippen molar-refractivity contribution in [3.8, 4) is 5.69 Å². The first-order valence-corrected chi connectivity index (χ1v) is 6.00. The number of halogens is 2. The van der Waals surface area contributed by atoms with Crippen molar-refractivity contribution >= 4 is 27.5 Å². The van der Waals surface area contributed by atoms with E-state index in [2.05, 4.69) is 20.9 Å². The molecular weight excluding hydrogens is 289 g/mol. The summed E-state index contributed by atoms with van der Waals surface area (Å²) >= 11 is 9.55. The third-order valence-electron chi connectivity index (χ3n) is 2.30. The van der Waals surface area contributed by atoms with E-state index >= 15 is 0 Å². The van der Waals surface area contributed by atoms with Gasteiger partial charge >= 0.3 is 0 Å². The second kappa shape index (κ2) is 4.57. The Labute approximate surface area is 107 Å². The van der Waals surface area contributed by atoms with E-state index in [9.17, 15) is 0 Å². The van der Waals surface area contributed by atoms with E-state index in [-0.39, 0.29) is 6.04 Å². The van der Waals surface area contributed by atoms with Crippen molar-refractivity contribution in [1.29, 1.82) is 0 Å².